The van der Waals surface area contributed by atoms with E-state index in [9.17, 15) is 19.2 Å². The third-order valence-electron chi connectivity index (χ3n) is 10.0. The van der Waals surface area contributed by atoms with Crippen LogP contribution in [0.1, 0.15) is 85.5 Å². The summed E-state index contributed by atoms with van der Waals surface area (Å²) in [5, 5.41) is 0. The monoisotopic (exact) mass is 430 g/mol. The molecule has 5 nitrogen and oxygen atoms in total. The second-order valence-electron chi connectivity index (χ2n) is 11.3. The number of hydrogen-bond donors (Lipinski definition) is 0. The number of hydrogen-bond acceptors (Lipinski definition) is 5. The fraction of sp³-hybridized carbons (Fsp3) is 0.846. The Hall–Kier alpha value is -1.52. The van der Waals surface area contributed by atoms with Gasteiger partial charge in [0, 0.05) is 43.4 Å². The summed E-state index contributed by atoms with van der Waals surface area (Å²) in [4.78, 5) is 51.1. The molecule has 4 aliphatic carbocycles. The maximum absolute atomic E-state index is 13.7. The smallest absolute Gasteiger partial charge is 0.305 e. The molecule has 0 aromatic heterocycles. The second kappa shape index (κ2) is 8.12. The summed E-state index contributed by atoms with van der Waals surface area (Å²) in [6.45, 7) is 8.73. The zero-order chi connectivity index (χ0) is 22.6. The van der Waals surface area contributed by atoms with Crippen LogP contribution in [0.5, 0.6) is 0 Å². The van der Waals surface area contributed by atoms with Crippen LogP contribution in [0.4, 0.5) is 0 Å². The zero-order valence-corrected chi connectivity index (χ0v) is 19.6. The van der Waals surface area contributed by atoms with Crippen LogP contribution in [0, 0.1) is 46.3 Å². The zero-order valence-electron chi connectivity index (χ0n) is 19.6. The third-order valence-corrected chi connectivity index (χ3v) is 10.0. The van der Waals surface area contributed by atoms with Gasteiger partial charge in [0.15, 0.2) is 0 Å². The first kappa shape index (κ1) is 22.7. The number of Topliss-reactive ketones (excluding diaryl/α,β-unsaturated/α-hetero) is 3. The number of esters is 1. The Bertz CT molecular complexity index is 787. The molecule has 4 rings (SSSR count). The Morgan fingerprint density at radius 2 is 1.84 bits per heavy atom. The molecule has 5 heteroatoms. The number of ether oxygens (including phenoxy) is 1. The molecule has 8 atom stereocenters. The lowest BCUT2D eigenvalue weighted by Gasteiger charge is -2.58. The first-order chi connectivity index (χ1) is 14.6. The molecule has 0 aliphatic heterocycles. The number of carbonyl (C=O) groups excluding carboxylic acids is 4. The van der Waals surface area contributed by atoms with Crippen molar-refractivity contribution in [2.45, 2.75) is 85.5 Å². The van der Waals surface area contributed by atoms with E-state index in [1.54, 1.807) is 0 Å². The fourth-order valence-electron chi connectivity index (χ4n) is 8.17. The molecule has 4 aliphatic rings. The van der Waals surface area contributed by atoms with Gasteiger partial charge < -0.3 is 4.74 Å². The van der Waals surface area contributed by atoms with Gasteiger partial charge >= 0.3 is 5.97 Å². The normalized spacial score (nSPS) is 43.1. The summed E-state index contributed by atoms with van der Waals surface area (Å²) in [7, 11) is 0. The molecule has 31 heavy (non-hydrogen) atoms. The SMILES string of the molecule is CCOC(=O)CC[C@H](C)[C@H]1CC[C@@H]2[C@H]3C(=O)C[C@@H]4CC(=O)CC[C@]4(C)[C@@H]3CC(=O)[C@@]21C. The van der Waals surface area contributed by atoms with Gasteiger partial charge in [0.05, 0.1) is 6.61 Å². The van der Waals surface area contributed by atoms with E-state index in [2.05, 4.69) is 20.8 Å². The van der Waals surface area contributed by atoms with Crippen LogP contribution in [0.3, 0.4) is 0 Å². The van der Waals surface area contributed by atoms with Crippen molar-refractivity contribution < 1.29 is 23.9 Å². The summed E-state index contributed by atoms with van der Waals surface area (Å²) < 4.78 is 5.09. The summed E-state index contributed by atoms with van der Waals surface area (Å²) in [5.41, 5.74) is -0.546. The van der Waals surface area contributed by atoms with Crippen molar-refractivity contribution in [2.75, 3.05) is 6.61 Å². The van der Waals surface area contributed by atoms with Crippen LogP contribution < -0.4 is 0 Å². The Labute approximate surface area is 186 Å². The molecular formula is C26H38O5. The molecule has 0 N–H and O–H groups in total. The van der Waals surface area contributed by atoms with Crippen molar-refractivity contribution in [3.05, 3.63) is 0 Å². The Morgan fingerprint density at radius 1 is 1.10 bits per heavy atom. The van der Waals surface area contributed by atoms with Gasteiger partial charge in [0.1, 0.15) is 17.3 Å². The van der Waals surface area contributed by atoms with Gasteiger partial charge in [0.25, 0.3) is 0 Å². The quantitative estimate of drug-likeness (QED) is 0.598. The summed E-state index contributed by atoms with van der Waals surface area (Å²) >= 11 is 0. The topological polar surface area (TPSA) is 77.5 Å². The number of fused-ring (bicyclic) bond motifs is 5. The predicted octanol–water partition coefficient (Wildman–Crippen LogP) is 4.55. The molecule has 0 aromatic rings. The van der Waals surface area contributed by atoms with E-state index in [1.807, 2.05) is 6.92 Å². The lowest BCUT2D eigenvalue weighted by molar-refractivity contribution is -0.166. The van der Waals surface area contributed by atoms with Crippen molar-refractivity contribution in [3.63, 3.8) is 0 Å². The molecule has 0 spiro atoms. The second-order valence-corrected chi connectivity index (χ2v) is 11.3. The third kappa shape index (κ3) is 3.51. The largest absolute Gasteiger partial charge is 0.466 e. The van der Waals surface area contributed by atoms with Crippen molar-refractivity contribution in [1.82, 2.24) is 0 Å². The van der Waals surface area contributed by atoms with Gasteiger partial charge in [-0.1, -0.05) is 20.8 Å². The predicted molar refractivity (Wildman–Crippen MR) is 116 cm³/mol. The van der Waals surface area contributed by atoms with Gasteiger partial charge in [-0.3, -0.25) is 19.2 Å². The lowest BCUT2D eigenvalue weighted by Crippen LogP contribution is -2.60. The summed E-state index contributed by atoms with van der Waals surface area (Å²) in [5.74, 6) is 1.44. The minimum atomic E-state index is -0.474. The molecule has 0 aromatic carbocycles. The van der Waals surface area contributed by atoms with Crippen molar-refractivity contribution in [3.8, 4) is 0 Å². The first-order valence-corrected chi connectivity index (χ1v) is 12.4. The average Bonchev–Trinajstić information content (AvgIpc) is 3.07. The maximum Gasteiger partial charge on any atom is 0.305 e. The minimum absolute atomic E-state index is 0.0422. The van der Waals surface area contributed by atoms with Gasteiger partial charge in [-0.15, -0.1) is 0 Å². The van der Waals surface area contributed by atoms with Crippen LogP contribution in [0.15, 0.2) is 0 Å². The number of rotatable bonds is 5. The molecule has 172 valence electrons. The van der Waals surface area contributed by atoms with Crippen molar-refractivity contribution >= 4 is 23.3 Å². The average molecular weight is 431 g/mol. The Morgan fingerprint density at radius 3 is 2.55 bits per heavy atom. The van der Waals surface area contributed by atoms with Crippen LogP contribution in [0.25, 0.3) is 0 Å². The molecule has 4 fully saturated rings. The number of carbonyl (C=O) groups is 4. The van der Waals surface area contributed by atoms with Crippen LogP contribution in [-0.2, 0) is 23.9 Å². The molecule has 0 bridgehead atoms. The highest BCUT2D eigenvalue weighted by Gasteiger charge is 2.66. The molecule has 4 saturated carbocycles. The van der Waals surface area contributed by atoms with Gasteiger partial charge in [-0.05, 0) is 67.6 Å². The lowest BCUT2D eigenvalue weighted by atomic mass is 9.44. The van der Waals surface area contributed by atoms with Gasteiger partial charge in [-0.2, -0.15) is 0 Å². The van der Waals surface area contributed by atoms with E-state index in [1.165, 1.54) is 0 Å². The fourth-order valence-corrected chi connectivity index (χ4v) is 8.17. The number of ketones is 3. The van der Waals surface area contributed by atoms with Crippen molar-refractivity contribution in [2.24, 2.45) is 46.3 Å². The van der Waals surface area contributed by atoms with E-state index < -0.39 is 5.41 Å². The maximum atomic E-state index is 13.7. The van der Waals surface area contributed by atoms with E-state index in [0.29, 0.717) is 50.3 Å². The molecule has 0 saturated heterocycles. The van der Waals surface area contributed by atoms with Gasteiger partial charge in [-0.25, -0.2) is 0 Å². The summed E-state index contributed by atoms with van der Waals surface area (Å²) in [6.07, 6.45) is 5.89. The first-order valence-electron chi connectivity index (χ1n) is 12.4. The van der Waals surface area contributed by atoms with Crippen LogP contribution in [0.2, 0.25) is 0 Å². The van der Waals surface area contributed by atoms with E-state index in [0.717, 1.165) is 25.7 Å². The molecular weight excluding hydrogens is 392 g/mol. The van der Waals surface area contributed by atoms with Gasteiger partial charge in [0.2, 0.25) is 0 Å². The van der Waals surface area contributed by atoms with E-state index in [-0.39, 0.29) is 52.7 Å². The van der Waals surface area contributed by atoms with E-state index in [4.69, 9.17) is 4.74 Å². The van der Waals surface area contributed by atoms with Crippen LogP contribution in [-0.4, -0.2) is 29.9 Å². The molecule has 0 radical (unpaired) electrons. The van der Waals surface area contributed by atoms with Crippen LogP contribution >= 0.6 is 0 Å². The molecule has 0 unspecified atom stereocenters. The standard InChI is InChI=1S/C26H38O5/c1-5-31-23(30)9-6-15(2)18-7-8-19-24-20(14-22(29)26(18,19)4)25(3)11-10-17(27)12-16(25)13-21(24)28/h15-16,18-20,24H,5-14H2,1-4H3/t15-,16-,18+,19+,20+,24+,25-,26+/m0/s1. The van der Waals surface area contributed by atoms with E-state index >= 15 is 0 Å². The highest BCUT2D eigenvalue weighted by molar-refractivity contribution is 5.93. The molecule has 0 heterocycles. The highest BCUT2D eigenvalue weighted by Crippen LogP contribution is 2.66. The minimum Gasteiger partial charge on any atom is -0.466 e. The Balaban J connectivity index is 1.57. The Kier molecular flexibility index (Phi) is 5.93. The molecule has 0 amide bonds. The highest BCUT2D eigenvalue weighted by atomic mass is 16.5. The summed E-state index contributed by atoms with van der Waals surface area (Å²) in [6, 6.07) is 0. The van der Waals surface area contributed by atoms with Crippen molar-refractivity contribution in [1.29, 1.82) is 0 Å².